The average molecular weight is 397 g/mol. The van der Waals surface area contributed by atoms with Gasteiger partial charge in [0.2, 0.25) is 0 Å². The standard InChI is InChI=1S/C20H19N3O4S/c24-19(22-25)15-6-7-18-17(10-15)23(13-26-8-9-27-18)11-16-12-28-20(21-16)14-4-2-1-3-5-14/h1-7,10,12,25H,8-9,11,13H2,(H,22,24). The van der Waals surface area contributed by atoms with E-state index in [-0.39, 0.29) is 0 Å². The maximum atomic E-state index is 11.8. The number of carbonyl (C=O) groups excluding carboxylic acids is 1. The first-order valence-corrected chi connectivity index (χ1v) is 9.66. The number of hydrogen-bond acceptors (Lipinski definition) is 7. The van der Waals surface area contributed by atoms with Crippen LogP contribution in [-0.2, 0) is 11.3 Å². The fourth-order valence-electron chi connectivity index (χ4n) is 2.97. The minimum absolute atomic E-state index is 0.332. The molecule has 144 valence electrons. The highest BCUT2D eigenvalue weighted by molar-refractivity contribution is 7.13. The van der Waals surface area contributed by atoms with E-state index in [4.69, 9.17) is 19.7 Å². The maximum Gasteiger partial charge on any atom is 0.274 e. The second kappa shape index (κ2) is 8.39. The van der Waals surface area contributed by atoms with Crippen molar-refractivity contribution in [3.8, 4) is 16.3 Å². The van der Waals surface area contributed by atoms with E-state index in [2.05, 4.69) is 0 Å². The van der Waals surface area contributed by atoms with Gasteiger partial charge in [0.25, 0.3) is 5.91 Å². The van der Waals surface area contributed by atoms with Crippen molar-refractivity contribution in [1.82, 2.24) is 10.5 Å². The Kier molecular flexibility index (Phi) is 5.52. The number of anilines is 1. The Morgan fingerprint density at radius 3 is 2.89 bits per heavy atom. The molecule has 0 atom stereocenters. The Morgan fingerprint density at radius 2 is 2.07 bits per heavy atom. The summed E-state index contributed by atoms with van der Waals surface area (Å²) < 4.78 is 11.4. The first kappa shape index (κ1) is 18.4. The highest BCUT2D eigenvalue weighted by Gasteiger charge is 2.19. The lowest BCUT2D eigenvalue weighted by atomic mass is 10.1. The van der Waals surface area contributed by atoms with E-state index in [1.807, 2.05) is 40.6 Å². The van der Waals surface area contributed by atoms with Crippen molar-refractivity contribution in [1.29, 1.82) is 0 Å². The molecule has 4 rings (SSSR count). The van der Waals surface area contributed by atoms with Gasteiger partial charge in [0.1, 0.15) is 24.1 Å². The van der Waals surface area contributed by atoms with Crippen LogP contribution in [0.1, 0.15) is 16.1 Å². The molecule has 0 bridgehead atoms. The van der Waals surface area contributed by atoms with Gasteiger partial charge in [-0.15, -0.1) is 11.3 Å². The summed E-state index contributed by atoms with van der Waals surface area (Å²) in [4.78, 5) is 18.5. The third-order valence-electron chi connectivity index (χ3n) is 4.32. The summed E-state index contributed by atoms with van der Waals surface area (Å²) in [5, 5.41) is 11.9. The highest BCUT2D eigenvalue weighted by Crippen LogP contribution is 2.33. The molecular weight excluding hydrogens is 378 g/mol. The fourth-order valence-corrected chi connectivity index (χ4v) is 3.78. The molecule has 3 aromatic rings. The Hall–Kier alpha value is -2.94. The average Bonchev–Trinajstić information content (AvgIpc) is 3.20. The van der Waals surface area contributed by atoms with E-state index in [0.717, 1.165) is 22.0 Å². The number of thiazole rings is 1. The largest absolute Gasteiger partial charge is 0.489 e. The molecular formula is C20H19N3O4S. The van der Waals surface area contributed by atoms with E-state index in [1.165, 1.54) is 0 Å². The summed E-state index contributed by atoms with van der Waals surface area (Å²) in [5.41, 5.74) is 4.69. The monoisotopic (exact) mass is 397 g/mol. The summed E-state index contributed by atoms with van der Waals surface area (Å²) in [6, 6.07) is 15.0. The molecule has 0 saturated carbocycles. The Bertz CT molecular complexity index is 961. The number of hydroxylamine groups is 1. The van der Waals surface area contributed by atoms with Gasteiger partial charge in [0, 0.05) is 16.5 Å². The number of carbonyl (C=O) groups is 1. The lowest BCUT2D eigenvalue weighted by Crippen LogP contribution is -2.30. The number of aromatic nitrogens is 1. The molecule has 1 aromatic heterocycles. The van der Waals surface area contributed by atoms with Gasteiger partial charge in [-0.25, -0.2) is 10.5 Å². The van der Waals surface area contributed by atoms with Gasteiger partial charge in [0.15, 0.2) is 0 Å². The summed E-state index contributed by atoms with van der Waals surface area (Å²) >= 11 is 1.59. The predicted octanol–water partition coefficient (Wildman–Crippen LogP) is 3.30. The Balaban J connectivity index is 1.63. The van der Waals surface area contributed by atoms with Gasteiger partial charge in [-0.1, -0.05) is 30.3 Å². The quantitative estimate of drug-likeness (QED) is 0.519. The van der Waals surface area contributed by atoms with Crippen molar-refractivity contribution in [3.05, 3.63) is 65.2 Å². The minimum atomic E-state index is -0.578. The molecule has 1 amide bonds. The molecule has 0 aliphatic carbocycles. The van der Waals surface area contributed by atoms with Gasteiger partial charge in [-0.2, -0.15) is 0 Å². The van der Waals surface area contributed by atoms with Crippen LogP contribution in [0.3, 0.4) is 0 Å². The molecule has 2 N–H and O–H groups in total. The zero-order valence-corrected chi connectivity index (χ0v) is 15.8. The number of fused-ring (bicyclic) bond motifs is 1. The second-order valence-corrected chi connectivity index (χ2v) is 7.08. The smallest absolute Gasteiger partial charge is 0.274 e. The minimum Gasteiger partial charge on any atom is -0.489 e. The third kappa shape index (κ3) is 3.99. The molecule has 0 unspecified atom stereocenters. The van der Waals surface area contributed by atoms with Crippen LogP contribution in [0.15, 0.2) is 53.9 Å². The lowest BCUT2D eigenvalue weighted by Gasteiger charge is -2.28. The van der Waals surface area contributed by atoms with Crippen LogP contribution in [0.5, 0.6) is 5.75 Å². The summed E-state index contributed by atoms with van der Waals surface area (Å²) in [6.07, 6.45) is 0. The number of nitrogens with one attached hydrogen (secondary N) is 1. The van der Waals surface area contributed by atoms with Gasteiger partial charge >= 0.3 is 0 Å². The molecule has 1 aliphatic rings. The van der Waals surface area contributed by atoms with E-state index in [1.54, 1.807) is 35.0 Å². The van der Waals surface area contributed by atoms with Crippen LogP contribution < -0.4 is 15.1 Å². The molecule has 8 heteroatoms. The number of amides is 1. The molecule has 1 aliphatic heterocycles. The number of benzene rings is 2. The molecule has 0 fully saturated rings. The van der Waals surface area contributed by atoms with Crippen molar-refractivity contribution in [3.63, 3.8) is 0 Å². The van der Waals surface area contributed by atoms with E-state index in [9.17, 15) is 4.79 Å². The number of hydrogen-bond donors (Lipinski definition) is 2. The number of ether oxygens (including phenoxy) is 2. The van der Waals surface area contributed by atoms with Crippen molar-refractivity contribution in [2.75, 3.05) is 24.8 Å². The first-order chi connectivity index (χ1) is 13.7. The molecule has 2 aromatic carbocycles. The third-order valence-corrected chi connectivity index (χ3v) is 5.26. The first-order valence-electron chi connectivity index (χ1n) is 8.78. The normalized spacial score (nSPS) is 13.8. The van der Waals surface area contributed by atoms with Gasteiger partial charge in [0.05, 0.1) is 24.5 Å². The zero-order valence-electron chi connectivity index (χ0n) is 15.0. The van der Waals surface area contributed by atoms with E-state index >= 15 is 0 Å². The molecule has 0 radical (unpaired) electrons. The topological polar surface area (TPSA) is 83.9 Å². The molecule has 0 saturated heterocycles. The maximum absolute atomic E-state index is 11.8. The Morgan fingerprint density at radius 1 is 1.21 bits per heavy atom. The molecule has 28 heavy (non-hydrogen) atoms. The fraction of sp³-hybridized carbons (Fsp3) is 0.200. The number of nitrogens with zero attached hydrogens (tertiary/aromatic N) is 2. The van der Waals surface area contributed by atoms with Crippen molar-refractivity contribution < 1.29 is 19.5 Å². The van der Waals surface area contributed by atoms with E-state index < -0.39 is 5.91 Å². The zero-order chi connectivity index (χ0) is 19.3. The van der Waals surface area contributed by atoms with Crippen LogP contribution in [0.4, 0.5) is 5.69 Å². The van der Waals surface area contributed by atoms with Gasteiger partial charge < -0.3 is 14.4 Å². The second-order valence-electron chi connectivity index (χ2n) is 6.22. The van der Waals surface area contributed by atoms with Crippen molar-refractivity contribution >= 4 is 22.9 Å². The van der Waals surface area contributed by atoms with Crippen molar-refractivity contribution in [2.24, 2.45) is 0 Å². The summed E-state index contributed by atoms with van der Waals surface area (Å²) in [7, 11) is 0. The lowest BCUT2D eigenvalue weighted by molar-refractivity contribution is 0.0705. The van der Waals surface area contributed by atoms with Crippen LogP contribution in [0.2, 0.25) is 0 Å². The van der Waals surface area contributed by atoms with Gasteiger partial charge in [-0.3, -0.25) is 10.0 Å². The van der Waals surface area contributed by atoms with Crippen molar-refractivity contribution in [2.45, 2.75) is 6.54 Å². The SMILES string of the molecule is O=C(NO)c1ccc2c(c1)N(Cc1csc(-c3ccccc3)n1)COCCO2. The van der Waals surface area contributed by atoms with Crippen LogP contribution in [-0.4, -0.2) is 36.0 Å². The van der Waals surface area contributed by atoms with Crippen LogP contribution in [0, 0.1) is 0 Å². The molecule has 0 spiro atoms. The van der Waals surface area contributed by atoms with Crippen LogP contribution >= 0.6 is 11.3 Å². The highest BCUT2D eigenvalue weighted by atomic mass is 32.1. The summed E-state index contributed by atoms with van der Waals surface area (Å²) in [6.45, 7) is 1.75. The number of rotatable bonds is 4. The van der Waals surface area contributed by atoms with E-state index in [0.29, 0.717) is 37.8 Å². The molecule has 7 nitrogen and oxygen atoms in total. The van der Waals surface area contributed by atoms with Gasteiger partial charge in [-0.05, 0) is 18.2 Å². The van der Waals surface area contributed by atoms with Crippen LogP contribution in [0.25, 0.3) is 10.6 Å². The predicted molar refractivity (Wildman–Crippen MR) is 106 cm³/mol. The molecule has 2 heterocycles. The summed E-state index contributed by atoms with van der Waals surface area (Å²) in [5.74, 6) is 0.0852. The Labute approximate surface area is 166 Å².